The maximum absolute atomic E-state index is 12.3. The lowest BCUT2D eigenvalue weighted by Gasteiger charge is -2.10. The summed E-state index contributed by atoms with van der Waals surface area (Å²) in [6.07, 6.45) is 1.47. The molecule has 0 unspecified atom stereocenters. The zero-order valence-electron chi connectivity index (χ0n) is 18.1. The van der Waals surface area contributed by atoms with Crippen LogP contribution in [0.2, 0.25) is 0 Å². The molecule has 0 aliphatic rings. The molecule has 3 rings (SSSR count). The number of hydrogen-bond donors (Lipinski definition) is 4. The molecule has 174 valence electrons. The van der Waals surface area contributed by atoms with Gasteiger partial charge in [-0.2, -0.15) is 5.10 Å². The number of benzene rings is 2. The van der Waals surface area contributed by atoms with E-state index in [1.165, 1.54) is 38.3 Å². The minimum Gasteiger partial charge on any atom is -0.504 e. The summed E-state index contributed by atoms with van der Waals surface area (Å²) in [5, 5.41) is 24.8. The van der Waals surface area contributed by atoms with Crippen LogP contribution in [0, 0.1) is 0 Å². The van der Waals surface area contributed by atoms with Gasteiger partial charge in [0.25, 0.3) is 5.95 Å². The number of thioether (sulfide) groups is 1. The molecule has 33 heavy (non-hydrogen) atoms. The van der Waals surface area contributed by atoms with Crippen LogP contribution >= 0.6 is 11.8 Å². The van der Waals surface area contributed by atoms with Gasteiger partial charge in [-0.25, -0.2) is 10.1 Å². The molecule has 0 fully saturated rings. The number of rotatable bonds is 10. The summed E-state index contributed by atoms with van der Waals surface area (Å²) in [5.74, 6) is 7.36. The van der Waals surface area contributed by atoms with Crippen molar-refractivity contribution in [3.05, 3.63) is 42.0 Å². The second kappa shape index (κ2) is 10.9. The van der Waals surface area contributed by atoms with E-state index in [9.17, 15) is 9.90 Å². The molecule has 12 nitrogen and oxygen atoms in total. The Hall–Kier alpha value is -4.13. The lowest BCUT2D eigenvalue weighted by molar-refractivity contribution is -0.113. The van der Waals surface area contributed by atoms with E-state index < -0.39 is 0 Å². The summed E-state index contributed by atoms with van der Waals surface area (Å²) in [6.45, 7) is 0. The van der Waals surface area contributed by atoms with Gasteiger partial charge in [0.15, 0.2) is 23.0 Å². The Morgan fingerprint density at radius 2 is 1.85 bits per heavy atom. The number of phenols is 1. The monoisotopic (exact) mass is 473 g/mol. The minimum atomic E-state index is -0.262. The maximum atomic E-state index is 12.3. The van der Waals surface area contributed by atoms with E-state index in [1.54, 1.807) is 30.3 Å². The number of nitrogens with zero attached hydrogens (tertiary/aromatic N) is 4. The molecular weight excluding hydrogens is 450 g/mol. The number of anilines is 2. The van der Waals surface area contributed by atoms with Crippen molar-refractivity contribution in [1.82, 2.24) is 14.9 Å². The number of amides is 1. The van der Waals surface area contributed by atoms with Gasteiger partial charge in [0.05, 0.1) is 33.3 Å². The Balaban J connectivity index is 1.54. The van der Waals surface area contributed by atoms with Crippen LogP contribution in [0.3, 0.4) is 0 Å². The average molecular weight is 474 g/mol. The second-order valence-electron chi connectivity index (χ2n) is 6.38. The molecule has 0 atom stereocenters. The fourth-order valence-corrected chi connectivity index (χ4v) is 3.30. The zero-order chi connectivity index (χ0) is 23.8. The van der Waals surface area contributed by atoms with E-state index in [0.717, 1.165) is 11.8 Å². The smallest absolute Gasteiger partial charge is 0.264 e. The molecule has 0 saturated carbocycles. The first kappa shape index (κ1) is 23.5. The largest absolute Gasteiger partial charge is 0.504 e. The zero-order valence-corrected chi connectivity index (χ0v) is 18.9. The molecule has 0 aliphatic heterocycles. The number of phenolic OH excluding ortho intramolecular Hbond substituents is 1. The number of ether oxygens (including phenoxy) is 3. The van der Waals surface area contributed by atoms with Gasteiger partial charge >= 0.3 is 0 Å². The van der Waals surface area contributed by atoms with E-state index in [2.05, 4.69) is 26.0 Å². The number of methoxy groups -OCH3 is 3. The van der Waals surface area contributed by atoms with Crippen LogP contribution in [0.15, 0.2) is 46.7 Å². The maximum Gasteiger partial charge on any atom is 0.264 e. The highest BCUT2D eigenvalue weighted by Crippen LogP contribution is 2.30. The number of aromatic nitrogens is 3. The molecule has 0 bridgehead atoms. The molecule has 0 spiro atoms. The van der Waals surface area contributed by atoms with Crippen molar-refractivity contribution >= 4 is 35.5 Å². The summed E-state index contributed by atoms with van der Waals surface area (Å²) in [7, 11) is 4.52. The Morgan fingerprint density at radius 3 is 2.55 bits per heavy atom. The van der Waals surface area contributed by atoms with Crippen LogP contribution in [0.4, 0.5) is 11.6 Å². The number of nitrogen functional groups attached to an aromatic ring is 1. The van der Waals surface area contributed by atoms with E-state index in [-0.39, 0.29) is 23.4 Å². The van der Waals surface area contributed by atoms with Gasteiger partial charge in [-0.1, -0.05) is 11.8 Å². The normalized spacial score (nSPS) is 10.8. The number of carbonyl (C=O) groups is 1. The van der Waals surface area contributed by atoms with Gasteiger partial charge in [-0.3, -0.25) is 4.79 Å². The first-order valence-electron chi connectivity index (χ1n) is 9.46. The minimum absolute atomic E-state index is 0.00603. The van der Waals surface area contributed by atoms with Gasteiger partial charge in [-0.15, -0.1) is 10.2 Å². The molecule has 0 aliphatic carbocycles. The fourth-order valence-electron chi connectivity index (χ4n) is 2.64. The highest BCUT2D eigenvalue weighted by molar-refractivity contribution is 7.99. The van der Waals surface area contributed by atoms with Crippen LogP contribution in [-0.2, 0) is 4.79 Å². The van der Waals surface area contributed by atoms with Crippen molar-refractivity contribution in [2.24, 2.45) is 5.10 Å². The SMILES string of the molecule is COc1ccc(/C=N/Nc2nnc(SCC(=O)Nc3ccc(OC)c(OC)c3)n2N)cc1O. The van der Waals surface area contributed by atoms with Crippen molar-refractivity contribution in [3.63, 3.8) is 0 Å². The van der Waals surface area contributed by atoms with E-state index in [4.69, 9.17) is 20.1 Å². The molecule has 1 aromatic heterocycles. The third kappa shape index (κ3) is 5.98. The van der Waals surface area contributed by atoms with Crippen LogP contribution in [-0.4, -0.2) is 59.2 Å². The Morgan fingerprint density at radius 1 is 1.12 bits per heavy atom. The molecule has 2 aromatic carbocycles. The summed E-state index contributed by atoms with van der Waals surface area (Å²) in [4.78, 5) is 12.3. The van der Waals surface area contributed by atoms with Crippen molar-refractivity contribution in [2.45, 2.75) is 5.16 Å². The second-order valence-corrected chi connectivity index (χ2v) is 7.33. The molecule has 1 heterocycles. The Labute approximate surface area is 193 Å². The fraction of sp³-hybridized carbons (Fsp3) is 0.200. The third-order valence-corrected chi connectivity index (χ3v) is 5.19. The van der Waals surface area contributed by atoms with E-state index in [1.807, 2.05) is 0 Å². The van der Waals surface area contributed by atoms with E-state index >= 15 is 0 Å². The third-order valence-electron chi connectivity index (χ3n) is 4.25. The predicted octanol–water partition coefficient (Wildman–Crippen LogP) is 1.90. The summed E-state index contributed by atoms with van der Waals surface area (Å²) in [6, 6.07) is 9.89. The van der Waals surface area contributed by atoms with Crippen LogP contribution in [0.1, 0.15) is 5.56 Å². The van der Waals surface area contributed by atoms with Gasteiger partial charge in [0, 0.05) is 11.8 Å². The summed E-state index contributed by atoms with van der Waals surface area (Å²) < 4.78 is 16.6. The van der Waals surface area contributed by atoms with Crippen molar-refractivity contribution < 1.29 is 24.1 Å². The molecule has 5 N–H and O–H groups in total. The lowest BCUT2D eigenvalue weighted by Crippen LogP contribution is -2.17. The topological polar surface area (TPSA) is 158 Å². The predicted molar refractivity (Wildman–Crippen MR) is 125 cm³/mol. The summed E-state index contributed by atoms with van der Waals surface area (Å²) >= 11 is 1.11. The lowest BCUT2D eigenvalue weighted by atomic mass is 10.2. The highest BCUT2D eigenvalue weighted by Gasteiger charge is 2.13. The van der Waals surface area contributed by atoms with Crippen molar-refractivity contribution in [1.29, 1.82) is 0 Å². The number of carbonyl (C=O) groups excluding carboxylic acids is 1. The average Bonchev–Trinajstić information content (AvgIpc) is 3.17. The Bertz CT molecular complexity index is 1150. The van der Waals surface area contributed by atoms with Crippen LogP contribution in [0.5, 0.6) is 23.0 Å². The van der Waals surface area contributed by atoms with Crippen molar-refractivity contribution in [2.75, 3.05) is 43.7 Å². The highest BCUT2D eigenvalue weighted by atomic mass is 32.2. The molecule has 3 aromatic rings. The van der Waals surface area contributed by atoms with Crippen LogP contribution < -0.4 is 30.8 Å². The molecule has 13 heteroatoms. The van der Waals surface area contributed by atoms with Gasteiger partial charge in [0.2, 0.25) is 11.1 Å². The number of nitrogens with two attached hydrogens (primary N) is 1. The molecule has 0 radical (unpaired) electrons. The first-order chi connectivity index (χ1) is 15.9. The molecule has 0 saturated heterocycles. The molecular formula is C20H23N7O5S. The standard InChI is InChI=1S/C20H23N7O5S/c1-30-15-6-4-12(8-14(15)28)10-22-24-19-25-26-20(27(19)21)33-11-18(29)23-13-5-7-16(31-2)17(9-13)32-3/h4-10,28H,11,21H2,1-3H3,(H,23,29)(H,24,25)/b22-10+. The Kier molecular flexibility index (Phi) is 7.81. The van der Waals surface area contributed by atoms with E-state index in [0.29, 0.717) is 33.7 Å². The first-order valence-corrected chi connectivity index (χ1v) is 10.4. The molecule has 1 amide bonds. The van der Waals surface area contributed by atoms with Gasteiger partial charge < -0.3 is 30.5 Å². The number of hydrazone groups is 1. The number of aromatic hydroxyl groups is 1. The number of nitrogens with one attached hydrogen (secondary N) is 2. The number of hydrogen-bond acceptors (Lipinski definition) is 11. The van der Waals surface area contributed by atoms with Gasteiger partial charge in [-0.05, 0) is 35.9 Å². The van der Waals surface area contributed by atoms with Gasteiger partial charge in [0.1, 0.15) is 0 Å². The quantitative estimate of drug-likeness (QED) is 0.148. The van der Waals surface area contributed by atoms with Crippen LogP contribution in [0.25, 0.3) is 0 Å². The van der Waals surface area contributed by atoms with Crippen molar-refractivity contribution in [3.8, 4) is 23.0 Å². The summed E-state index contributed by atoms with van der Waals surface area (Å²) in [5.41, 5.74) is 3.86.